The van der Waals surface area contributed by atoms with Gasteiger partial charge < -0.3 is 14.5 Å². The van der Waals surface area contributed by atoms with Crippen LogP contribution in [0.2, 0.25) is 0 Å². The van der Waals surface area contributed by atoms with Crippen molar-refractivity contribution >= 4 is 11.8 Å². The molecule has 0 aromatic heterocycles. The molecule has 0 atom stereocenters. The monoisotopic (exact) mass is 358 g/mol. The lowest BCUT2D eigenvalue weighted by atomic mass is 10.1. The minimum absolute atomic E-state index is 0.218. The molecule has 142 valence electrons. The van der Waals surface area contributed by atoms with Crippen LogP contribution in [0.5, 0.6) is 0 Å². The molecule has 5 heteroatoms. The topological polar surface area (TPSA) is 49.9 Å². The smallest absolute Gasteiger partial charge is 0.222 e. The van der Waals surface area contributed by atoms with Gasteiger partial charge in [-0.2, -0.15) is 0 Å². The molecule has 2 aliphatic rings. The second kappa shape index (κ2) is 9.72. The highest BCUT2D eigenvalue weighted by Gasteiger charge is 2.23. The van der Waals surface area contributed by atoms with E-state index < -0.39 is 0 Å². The first-order chi connectivity index (χ1) is 12.7. The second-order valence-corrected chi connectivity index (χ2v) is 7.32. The summed E-state index contributed by atoms with van der Waals surface area (Å²) in [6.45, 7) is 3.78. The zero-order valence-corrected chi connectivity index (χ0v) is 15.6. The average molecular weight is 358 g/mol. The molecule has 0 spiro atoms. The Morgan fingerprint density at radius 3 is 2.58 bits per heavy atom. The summed E-state index contributed by atoms with van der Waals surface area (Å²) in [5.41, 5.74) is 1.19. The van der Waals surface area contributed by atoms with Crippen LogP contribution in [0.25, 0.3) is 0 Å². The van der Waals surface area contributed by atoms with Gasteiger partial charge in [0.15, 0.2) is 0 Å². The summed E-state index contributed by atoms with van der Waals surface area (Å²) in [6, 6.07) is 10.2. The summed E-state index contributed by atoms with van der Waals surface area (Å²) < 4.78 is 5.99. The summed E-state index contributed by atoms with van der Waals surface area (Å²) in [6.07, 6.45) is 6.14. The van der Waals surface area contributed by atoms with Crippen LogP contribution in [-0.4, -0.2) is 53.9 Å². The first-order valence-electron chi connectivity index (χ1n) is 9.93. The van der Waals surface area contributed by atoms with Crippen LogP contribution in [0, 0.1) is 0 Å². The van der Waals surface area contributed by atoms with Gasteiger partial charge in [0.05, 0.1) is 12.7 Å². The number of benzene rings is 1. The summed E-state index contributed by atoms with van der Waals surface area (Å²) >= 11 is 0. The van der Waals surface area contributed by atoms with Gasteiger partial charge in [0, 0.05) is 39.0 Å². The molecule has 0 N–H and O–H groups in total. The fraction of sp³-hybridized carbons (Fsp3) is 0.619. The Labute approximate surface area is 156 Å². The van der Waals surface area contributed by atoms with Crippen LogP contribution in [-0.2, 0) is 20.9 Å². The molecule has 0 radical (unpaired) electrons. The number of carbonyl (C=O) groups is 2. The fourth-order valence-corrected chi connectivity index (χ4v) is 3.74. The third-order valence-electron chi connectivity index (χ3n) is 5.36. The van der Waals surface area contributed by atoms with Crippen LogP contribution in [0.3, 0.4) is 0 Å². The Balaban J connectivity index is 1.31. The lowest BCUT2D eigenvalue weighted by Gasteiger charge is -2.32. The van der Waals surface area contributed by atoms with E-state index in [0.29, 0.717) is 19.4 Å². The maximum absolute atomic E-state index is 12.4. The Morgan fingerprint density at radius 1 is 1.08 bits per heavy atom. The average Bonchev–Trinajstić information content (AvgIpc) is 2.69. The van der Waals surface area contributed by atoms with E-state index in [4.69, 9.17) is 4.74 Å². The second-order valence-electron chi connectivity index (χ2n) is 7.32. The number of rotatable bonds is 7. The van der Waals surface area contributed by atoms with Gasteiger partial charge in [-0.1, -0.05) is 30.3 Å². The Bertz CT molecular complexity index is 582. The van der Waals surface area contributed by atoms with E-state index in [1.165, 1.54) is 5.56 Å². The van der Waals surface area contributed by atoms with Crippen molar-refractivity contribution in [2.75, 3.05) is 26.2 Å². The van der Waals surface area contributed by atoms with E-state index in [0.717, 1.165) is 58.3 Å². The zero-order chi connectivity index (χ0) is 18.2. The number of carbonyl (C=O) groups excluding carboxylic acids is 2. The molecular formula is C21H30N2O3. The zero-order valence-electron chi connectivity index (χ0n) is 15.6. The van der Waals surface area contributed by atoms with Crippen LogP contribution in [0.15, 0.2) is 30.3 Å². The highest BCUT2D eigenvalue weighted by molar-refractivity contribution is 5.77. The predicted molar refractivity (Wildman–Crippen MR) is 100 cm³/mol. The summed E-state index contributed by atoms with van der Waals surface area (Å²) in [5, 5.41) is 0. The third kappa shape index (κ3) is 5.56. The van der Waals surface area contributed by atoms with Crippen LogP contribution in [0.4, 0.5) is 0 Å². The number of ether oxygens (including phenoxy) is 1. The van der Waals surface area contributed by atoms with Gasteiger partial charge >= 0.3 is 0 Å². The normalized spacial score (nSPS) is 19.0. The van der Waals surface area contributed by atoms with Crippen molar-refractivity contribution < 1.29 is 14.3 Å². The molecule has 2 aliphatic heterocycles. The van der Waals surface area contributed by atoms with Gasteiger partial charge in [-0.15, -0.1) is 0 Å². The Hall–Kier alpha value is -1.88. The van der Waals surface area contributed by atoms with Crippen molar-refractivity contribution in [3.05, 3.63) is 35.9 Å². The highest BCUT2D eigenvalue weighted by atomic mass is 16.5. The van der Waals surface area contributed by atoms with Crippen molar-refractivity contribution in [1.82, 2.24) is 9.80 Å². The van der Waals surface area contributed by atoms with Gasteiger partial charge in [-0.3, -0.25) is 9.59 Å². The molecule has 0 saturated carbocycles. The first-order valence-corrected chi connectivity index (χ1v) is 9.93. The Kier molecular flexibility index (Phi) is 7.06. The maximum atomic E-state index is 12.4. The molecule has 2 heterocycles. The molecule has 2 amide bonds. The Morgan fingerprint density at radius 2 is 1.85 bits per heavy atom. The highest BCUT2D eigenvalue weighted by Crippen LogP contribution is 2.17. The molecule has 2 fully saturated rings. The molecule has 2 saturated heterocycles. The van der Waals surface area contributed by atoms with Gasteiger partial charge in [0.1, 0.15) is 0 Å². The number of amides is 2. The fourth-order valence-electron chi connectivity index (χ4n) is 3.74. The summed E-state index contributed by atoms with van der Waals surface area (Å²) in [5.74, 6) is 0.469. The number of likely N-dealkylation sites (tertiary alicyclic amines) is 2. The molecule has 0 unspecified atom stereocenters. The number of hydrogen-bond donors (Lipinski definition) is 0. The standard InChI is InChI=1S/C21H30N2O3/c24-20-9-4-5-13-22(20)14-6-10-21(25)23-15-11-19(12-16-23)26-17-18-7-2-1-3-8-18/h1-3,7-8,19H,4-6,9-17H2. The third-order valence-corrected chi connectivity index (χ3v) is 5.36. The molecule has 1 aromatic carbocycles. The van der Waals surface area contributed by atoms with Crippen molar-refractivity contribution in [1.29, 1.82) is 0 Å². The molecule has 1 aromatic rings. The lowest BCUT2D eigenvalue weighted by molar-refractivity contribution is -0.136. The van der Waals surface area contributed by atoms with Gasteiger partial charge in [0.25, 0.3) is 0 Å². The molecule has 5 nitrogen and oxygen atoms in total. The largest absolute Gasteiger partial charge is 0.373 e. The van der Waals surface area contributed by atoms with Crippen LogP contribution >= 0.6 is 0 Å². The van der Waals surface area contributed by atoms with Crippen molar-refractivity contribution in [2.45, 2.75) is 57.7 Å². The number of piperidine rings is 2. The van der Waals surface area contributed by atoms with E-state index in [1.807, 2.05) is 28.0 Å². The number of nitrogens with zero attached hydrogens (tertiary/aromatic N) is 2. The van der Waals surface area contributed by atoms with E-state index in [-0.39, 0.29) is 17.9 Å². The van der Waals surface area contributed by atoms with Crippen molar-refractivity contribution in [3.8, 4) is 0 Å². The van der Waals surface area contributed by atoms with Crippen LogP contribution < -0.4 is 0 Å². The molecular weight excluding hydrogens is 328 g/mol. The minimum atomic E-state index is 0.218. The van der Waals surface area contributed by atoms with E-state index in [9.17, 15) is 9.59 Å². The maximum Gasteiger partial charge on any atom is 0.222 e. The molecule has 3 rings (SSSR count). The predicted octanol–water partition coefficient (Wildman–Crippen LogP) is 2.99. The summed E-state index contributed by atoms with van der Waals surface area (Å²) in [7, 11) is 0. The quantitative estimate of drug-likeness (QED) is 0.753. The summed E-state index contributed by atoms with van der Waals surface area (Å²) in [4.78, 5) is 28.1. The van der Waals surface area contributed by atoms with E-state index in [2.05, 4.69) is 12.1 Å². The van der Waals surface area contributed by atoms with Gasteiger partial charge in [-0.05, 0) is 37.7 Å². The van der Waals surface area contributed by atoms with E-state index in [1.54, 1.807) is 0 Å². The van der Waals surface area contributed by atoms with E-state index >= 15 is 0 Å². The minimum Gasteiger partial charge on any atom is -0.373 e. The lowest BCUT2D eigenvalue weighted by Crippen LogP contribution is -2.41. The van der Waals surface area contributed by atoms with Gasteiger partial charge in [0.2, 0.25) is 11.8 Å². The van der Waals surface area contributed by atoms with Gasteiger partial charge in [-0.25, -0.2) is 0 Å². The SMILES string of the molecule is O=C1CCCCN1CCCC(=O)N1CCC(OCc2ccccc2)CC1. The number of hydrogen-bond acceptors (Lipinski definition) is 3. The molecule has 0 bridgehead atoms. The van der Waals surface area contributed by atoms with Crippen molar-refractivity contribution in [2.24, 2.45) is 0 Å². The van der Waals surface area contributed by atoms with Crippen LogP contribution in [0.1, 0.15) is 50.5 Å². The molecule has 26 heavy (non-hydrogen) atoms. The first kappa shape index (κ1) is 18.9. The van der Waals surface area contributed by atoms with Crippen molar-refractivity contribution in [3.63, 3.8) is 0 Å². The molecule has 0 aliphatic carbocycles.